The summed E-state index contributed by atoms with van der Waals surface area (Å²) in [7, 11) is 2.20. The van der Waals surface area contributed by atoms with Crippen LogP contribution in [0.2, 0.25) is 0 Å². The summed E-state index contributed by atoms with van der Waals surface area (Å²) in [4.78, 5) is 2.40. The Hall–Kier alpha value is -1.50. The molecular weight excluding hydrogens is 194 g/mol. The zero-order valence-corrected chi connectivity index (χ0v) is 10.1. The van der Waals surface area contributed by atoms with Crippen molar-refractivity contribution in [2.75, 3.05) is 11.9 Å². The second-order valence-corrected chi connectivity index (χ2v) is 4.86. The molecule has 1 aliphatic rings. The standard InChI is InChI=1S/C15H17N/c1-10-11(2)16(3)14-9-8-12-6-4-5-7-13(12)15(10)14/h4-11H,1-3H3/t10-,11+/m0/s1. The molecule has 1 heteroatoms. The van der Waals surface area contributed by atoms with Crippen molar-refractivity contribution in [1.29, 1.82) is 0 Å². The van der Waals surface area contributed by atoms with E-state index in [9.17, 15) is 0 Å². The van der Waals surface area contributed by atoms with E-state index in [1.54, 1.807) is 0 Å². The van der Waals surface area contributed by atoms with Crippen molar-refractivity contribution in [3.8, 4) is 0 Å². The molecule has 82 valence electrons. The van der Waals surface area contributed by atoms with Crippen molar-refractivity contribution in [3.63, 3.8) is 0 Å². The smallest absolute Gasteiger partial charge is 0.0408 e. The van der Waals surface area contributed by atoms with Crippen LogP contribution in [-0.4, -0.2) is 13.1 Å². The molecule has 1 aliphatic heterocycles. The molecule has 16 heavy (non-hydrogen) atoms. The molecular formula is C15H17N. The van der Waals surface area contributed by atoms with Gasteiger partial charge < -0.3 is 4.90 Å². The fraction of sp³-hybridized carbons (Fsp3) is 0.333. The third-order valence-electron chi connectivity index (χ3n) is 4.12. The Bertz CT molecular complexity index is 544. The molecule has 0 radical (unpaired) electrons. The molecule has 0 bridgehead atoms. The first-order chi connectivity index (χ1) is 7.70. The summed E-state index contributed by atoms with van der Waals surface area (Å²) in [6, 6.07) is 13.8. The first kappa shape index (κ1) is 9.71. The van der Waals surface area contributed by atoms with Crippen LogP contribution in [0.25, 0.3) is 10.8 Å². The van der Waals surface area contributed by atoms with E-state index < -0.39 is 0 Å². The number of fused-ring (bicyclic) bond motifs is 3. The summed E-state index contributed by atoms with van der Waals surface area (Å²) < 4.78 is 0. The highest BCUT2D eigenvalue weighted by Gasteiger charge is 2.31. The first-order valence-corrected chi connectivity index (χ1v) is 5.94. The molecule has 0 amide bonds. The number of anilines is 1. The largest absolute Gasteiger partial charge is 0.371 e. The summed E-state index contributed by atoms with van der Waals surface area (Å²) >= 11 is 0. The Morgan fingerprint density at radius 3 is 2.56 bits per heavy atom. The molecule has 1 heterocycles. The van der Waals surface area contributed by atoms with E-state index >= 15 is 0 Å². The summed E-state index contributed by atoms with van der Waals surface area (Å²) in [6.45, 7) is 4.64. The minimum absolute atomic E-state index is 0.598. The number of hydrogen-bond donors (Lipinski definition) is 0. The lowest BCUT2D eigenvalue weighted by molar-refractivity contribution is 0.628. The number of hydrogen-bond acceptors (Lipinski definition) is 1. The minimum Gasteiger partial charge on any atom is -0.371 e. The highest BCUT2D eigenvalue weighted by Crippen LogP contribution is 2.43. The van der Waals surface area contributed by atoms with E-state index in [-0.39, 0.29) is 0 Å². The van der Waals surface area contributed by atoms with Crippen LogP contribution < -0.4 is 4.90 Å². The number of nitrogens with zero attached hydrogens (tertiary/aromatic N) is 1. The lowest BCUT2D eigenvalue weighted by Crippen LogP contribution is -2.25. The molecule has 0 fully saturated rings. The highest BCUT2D eigenvalue weighted by molar-refractivity contribution is 5.92. The van der Waals surface area contributed by atoms with Crippen molar-refractivity contribution in [2.45, 2.75) is 25.8 Å². The Labute approximate surface area is 96.7 Å². The molecule has 0 saturated heterocycles. The zero-order valence-electron chi connectivity index (χ0n) is 10.1. The van der Waals surface area contributed by atoms with Crippen LogP contribution in [-0.2, 0) is 0 Å². The fourth-order valence-electron chi connectivity index (χ4n) is 2.87. The van der Waals surface area contributed by atoms with Gasteiger partial charge in [0, 0.05) is 24.7 Å². The second kappa shape index (κ2) is 3.24. The second-order valence-electron chi connectivity index (χ2n) is 4.86. The van der Waals surface area contributed by atoms with Gasteiger partial charge in [-0.3, -0.25) is 0 Å². The topological polar surface area (TPSA) is 3.24 Å². The highest BCUT2D eigenvalue weighted by atomic mass is 15.2. The van der Waals surface area contributed by atoms with Crippen LogP contribution in [0, 0.1) is 0 Å². The van der Waals surface area contributed by atoms with Crippen molar-refractivity contribution in [1.82, 2.24) is 0 Å². The summed E-state index contributed by atoms with van der Waals surface area (Å²) in [5.74, 6) is 0.617. The molecule has 1 nitrogen and oxygen atoms in total. The van der Waals surface area contributed by atoms with E-state index in [0.29, 0.717) is 12.0 Å². The van der Waals surface area contributed by atoms with Gasteiger partial charge in [-0.05, 0) is 29.3 Å². The van der Waals surface area contributed by atoms with Crippen LogP contribution in [0.1, 0.15) is 25.3 Å². The van der Waals surface area contributed by atoms with E-state index in [1.165, 1.54) is 22.0 Å². The maximum atomic E-state index is 2.40. The molecule has 2 aromatic rings. The molecule has 0 spiro atoms. The number of likely N-dealkylation sites (N-methyl/N-ethyl adjacent to an activating group) is 1. The van der Waals surface area contributed by atoms with Gasteiger partial charge in [0.05, 0.1) is 0 Å². The maximum Gasteiger partial charge on any atom is 0.0408 e. The number of benzene rings is 2. The minimum atomic E-state index is 0.598. The average Bonchev–Trinajstić information content (AvgIpc) is 2.55. The van der Waals surface area contributed by atoms with Crippen LogP contribution in [0.4, 0.5) is 5.69 Å². The molecule has 0 saturated carbocycles. The van der Waals surface area contributed by atoms with Crippen molar-refractivity contribution in [3.05, 3.63) is 42.0 Å². The van der Waals surface area contributed by atoms with E-state index in [1.807, 2.05) is 0 Å². The SMILES string of the molecule is C[C@@H]1c2c(ccc3ccccc23)N(C)[C@@H]1C. The summed E-state index contributed by atoms with van der Waals surface area (Å²) in [5.41, 5.74) is 2.92. The predicted molar refractivity (Wildman–Crippen MR) is 70.2 cm³/mol. The quantitative estimate of drug-likeness (QED) is 0.641. The van der Waals surface area contributed by atoms with Gasteiger partial charge in [0.1, 0.15) is 0 Å². The summed E-state index contributed by atoms with van der Waals surface area (Å²) in [5, 5.41) is 2.78. The Morgan fingerprint density at radius 1 is 1.00 bits per heavy atom. The van der Waals surface area contributed by atoms with Crippen molar-refractivity contribution < 1.29 is 0 Å². The molecule has 0 unspecified atom stereocenters. The average molecular weight is 211 g/mol. The molecule has 2 atom stereocenters. The van der Waals surface area contributed by atoms with E-state index in [0.717, 1.165) is 0 Å². The van der Waals surface area contributed by atoms with Crippen molar-refractivity contribution in [2.24, 2.45) is 0 Å². The van der Waals surface area contributed by atoms with Crippen molar-refractivity contribution >= 4 is 16.5 Å². The van der Waals surface area contributed by atoms with Gasteiger partial charge in [-0.15, -0.1) is 0 Å². The molecule has 0 aromatic heterocycles. The van der Waals surface area contributed by atoms with Crippen LogP contribution in [0.5, 0.6) is 0 Å². The first-order valence-electron chi connectivity index (χ1n) is 5.94. The molecule has 0 N–H and O–H groups in total. The fourth-order valence-corrected chi connectivity index (χ4v) is 2.87. The van der Waals surface area contributed by atoms with Gasteiger partial charge in [-0.2, -0.15) is 0 Å². The van der Waals surface area contributed by atoms with E-state index in [2.05, 4.69) is 62.2 Å². The van der Waals surface area contributed by atoms with Crippen LogP contribution in [0.15, 0.2) is 36.4 Å². The Balaban J connectivity index is 2.36. The van der Waals surface area contributed by atoms with Gasteiger partial charge >= 0.3 is 0 Å². The van der Waals surface area contributed by atoms with Crippen LogP contribution in [0.3, 0.4) is 0 Å². The maximum absolute atomic E-state index is 2.40. The van der Waals surface area contributed by atoms with Gasteiger partial charge in [0.25, 0.3) is 0 Å². The van der Waals surface area contributed by atoms with Gasteiger partial charge in [0.15, 0.2) is 0 Å². The summed E-state index contributed by atoms with van der Waals surface area (Å²) in [6.07, 6.45) is 0. The molecule has 2 aromatic carbocycles. The molecule has 3 rings (SSSR count). The third kappa shape index (κ3) is 1.12. The lowest BCUT2D eigenvalue weighted by Gasteiger charge is -2.20. The predicted octanol–water partition coefficient (Wildman–Crippen LogP) is 3.78. The third-order valence-corrected chi connectivity index (χ3v) is 4.12. The normalized spacial score (nSPS) is 23.8. The molecule has 0 aliphatic carbocycles. The van der Waals surface area contributed by atoms with Gasteiger partial charge in [0.2, 0.25) is 0 Å². The Morgan fingerprint density at radius 2 is 1.75 bits per heavy atom. The van der Waals surface area contributed by atoms with Gasteiger partial charge in [-0.1, -0.05) is 37.3 Å². The van der Waals surface area contributed by atoms with Crippen LogP contribution >= 0.6 is 0 Å². The van der Waals surface area contributed by atoms with E-state index in [4.69, 9.17) is 0 Å². The lowest BCUT2D eigenvalue weighted by atomic mass is 9.93. The monoisotopic (exact) mass is 211 g/mol. The van der Waals surface area contributed by atoms with Gasteiger partial charge in [-0.25, -0.2) is 0 Å². The Kier molecular flexibility index (Phi) is 1.97. The zero-order chi connectivity index (χ0) is 11.3. The number of rotatable bonds is 0.